The number of esters is 1. The summed E-state index contributed by atoms with van der Waals surface area (Å²) in [7, 11) is 1.18. The molecule has 3 aromatic rings. The van der Waals surface area contributed by atoms with Crippen molar-refractivity contribution in [1.82, 2.24) is 10.3 Å². The van der Waals surface area contributed by atoms with Gasteiger partial charge in [-0.2, -0.15) is 0 Å². The first-order valence-corrected chi connectivity index (χ1v) is 9.61. The van der Waals surface area contributed by atoms with Crippen LogP contribution in [0.3, 0.4) is 0 Å². The zero-order valence-electron chi connectivity index (χ0n) is 15.8. The SMILES string of the molecule is COC(=O)c1ccc(OCC(=O)NC(c2ccccc2)c2nccs2)c([N+](=O)[O-])c1. The molecule has 1 aromatic heterocycles. The molecule has 1 amide bonds. The minimum atomic E-state index is -0.712. The van der Waals surface area contributed by atoms with Crippen molar-refractivity contribution in [3.05, 3.63) is 86.4 Å². The molecule has 30 heavy (non-hydrogen) atoms. The Morgan fingerprint density at radius 3 is 2.63 bits per heavy atom. The Labute approximate surface area is 175 Å². The smallest absolute Gasteiger partial charge is 0.338 e. The number of nitro groups is 1. The van der Waals surface area contributed by atoms with Gasteiger partial charge in [-0.3, -0.25) is 14.9 Å². The molecule has 1 unspecified atom stereocenters. The lowest BCUT2D eigenvalue weighted by Gasteiger charge is -2.17. The van der Waals surface area contributed by atoms with Crippen molar-refractivity contribution in [2.75, 3.05) is 13.7 Å². The monoisotopic (exact) mass is 427 g/mol. The molecule has 9 nitrogen and oxygen atoms in total. The number of amides is 1. The molecule has 3 rings (SSSR count). The second-order valence-electron chi connectivity index (χ2n) is 6.00. The zero-order valence-corrected chi connectivity index (χ0v) is 16.6. The number of thiazole rings is 1. The van der Waals surface area contributed by atoms with Crippen LogP contribution in [0, 0.1) is 10.1 Å². The van der Waals surface area contributed by atoms with Gasteiger partial charge in [-0.15, -0.1) is 11.3 Å². The van der Waals surface area contributed by atoms with Gasteiger partial charge in [-0.25, -0.2) is 9.78 Å². The van der Waals surface area contributed by atoms with Crippen molar-refractivity contribution in [2.24, 2.45) is 0 Å². The van der Waals surface area contributed by atoms with Gasteiger partial charge < -0.3 is 14.8 Å². The van der Waals surface area contributed by atoms with Crippen LogP contribution in [0.4, 0.5) is 5.69 Å². The van der Waals surface area contributed by atoms with Crippen LogP contribution in [0.5, 0.6) is 5.75 Å². The number of methoxy groups -OCH3 is 1. The van der Waals surface area contributed by atoms with E-state index in [4.69, 9.17) is 4.74 Å². The van der Waals surface area contributed by atoms with Crippen molar-refractivity contribution < 1.29 is 24.0 Å². The molecule has 2 aromatic carbocycles. The highest BCUT2D eigenvalue weighted by Gasteiger charge is 2.22. The van der Waals surface area contributed by atoms with Gasteiger partial charge in [0.2, 0.25) is 0 Å². The van der Waals surface area contributed by atoms with Crippen LogP contribution in [-0.4, -0.2) is 35.5 Å². The van der Waals surface area contributed by atoms with E-state index in [1.807, 2.05) is 30.3 Å². The minimum Gasteiger partial charge on any atom is -0.477 e. The van der Waals surface area contributed by atoms with E-state index in [9.17, 15) is 19.7 Å². The first-order valence-electron chi connectivity index (χ1n) is 8.73. The molecule has 1 heterocycles. The summed E-state index contributed by atoms with van der Waals surface area (Å²) in [5, 5.41) is 16.7. The molecule has 1 atom stereocenters. The quantitative estimate of drug-likeness (QED) is 0.333. The number of rotatable bonds is 8. The fourth-order valence-corrected chi connectivity index (χ4v) is 3.40. The third kappa shape index (κ3) is 4.97. The average Bonchev–Trinajstić information content (AvgIpc) is 3.30. The number of carbonyl (C=O) groups is 2. The van der Waals surface area contributed by atoms with Gasteiger partial charge in [-0.1, -0.05) is 30.3 Å². The molecule has 0 bridgehead atoms. The van der Waals surface area contributed by atoms with Gasteiger partial charge >= 0.3 is 11.7 Å². The highest BCUT2D eigenvalue weighted by atomic mass is 32.1. The molecule has 0 fully saturated rings. The first-order chi connectivity index (χ1) is 14.5. The Morgan fingerprint density at radius 1 is 1.23 bits per heavy atom. The van der Waals surface area contributed by atoms with Gasteiger partial charge in [-0.05, 0) is 17.7 Å². The lowest BCUT2D eigenvalue weighted by Crippen LogP contribution is -2.33. The van der Waals surface area contributed by atoms with Gasteiger partial charge in [0.15, 0.2) is 12.4 Å². The molecule has 0 saturated heterocycles. The van der Waals surface area contributed by atoms with E-state index < -0.39 is 35.1 Å². The van der Waals surface area contributed by atoms with Crippen LogP contribution in [-0.2, 0) is 9.53 Å². The summed E-state index contributed by atoms with van der Waals surface area (Å²) in [5.74, 6) is -1.32. The van der Waals surface area contributed by atoms with Crippen molar-refractivity contribution in [1.29, 1.82) is 0 Å². The van der Waals surface area contributed by atoms with E-state index in [2.05, 4.69) is 15.0 Å². The van der Waals surface area contributed by atoms with Gasteiger partial charge in [0, 0.05) is 17.6 Å². The van der Waals surface area contributed by atoms with Gasteiger partial charge in [0.05, 0.1) is 17.6 Å². The van der Waals surface area contributed by atoms with Crippen LogP contribution >= 0.6 is 11.3 Å². The maximum absolute atomic E-state index is 12.5. The Balaban J connectivity index is 1.73. The standard InChI is InChI=1S/C20H17N3O6S/c1-28-20(25)14-7-8-16(15(11-14)23(26)27)29-12-17(24)22-18(19-21-9-10-30-19)13-5-3-2-4-6-13/h2-11,18H,12H2,1H3,(H,22,24). The number of benzene rings is 2. The molecular weight excluding hydrogens is 410 g/mol. The zero-order chi connectivity index (χ0) is 21.5. The number of carbonyl (C=O) groups excluding carboxylic acids is 2. The number of nitrogens with one attached hydrogen (secondary N) is 1. The minimum absolute atomic E-state index is 0.00825. The fraction of sp³-hybridized carbons (Fsp3) is 0.150. The van der Waals surface area contributed by atoms with Crippen LogP contribution in [0.1, 0.15) is 27.0 Å². The first kappa shape index (κ1) is 20.9. The van der Waals surface area contributed by atoms with Crippen molar-refractivity contribution in [3.8, 4) is 5.75 Å². The average molecular weight is 427 g/mol. The van der Waals surface area contributed by atoms with E-state index in [-0.39, 0.29) is 11.3 Å². The number of ether oxygens (including phenoxy) is 2. The Bertz CT molecular complexity index is 1040. The van der Waals surface area contributed by atoms with E-state index in [0.717, 1.165) is 11.6 Å². The van der Waals surface area contributed by atoms with E-state index in [1.54, 1.807) is 11.6 Å². The van der Waals surface area contributed by atoms with Gasteiger partial charge in [0.25, 0.3) is 5.91 Å². The van der Waals surface area contributed by atoms with Gasteiger partial charge in [0.1, 0.15) is 11.0 Å². The Kier molecular flexibility index (Phi) is 6.71. The van der Waals surface area contributed by atoms with Crippen molar-refractivity contribution >= 4 is 28.9 Å². The second-order valence-corrected chi connectivity index (χ2v) is 6.93. The predicted octanol–water partition coefficient (Wildman–Crippen LogP) is 3.12. The summed E-state index contributed by atoms with van der Waals surface area (Å²) in [4.78, 5) is 39.0. The number of aromatic nitrogens is 1. The van der Waals surface area contributed by atoms with E-state index in [1.165, 1.54) is 30.6 Å². The fourth-order valence-electron chi connectivity index (χ4n) is 2.68. The highest BCUT2D eigenvalue weighted by molar-refractivity contribution is 7.09. The lowest BCUT2D eigenvalue weighted by molar-refractivity contribution is -0.385. The number of nitro benzene ring substituents is 1. The van der Waals surface area contributed by atoms with Crippen molar-refractivity contribution in [2.45, 2.75) is 6.04 Å². The summed E-state index contributed by atoms with van der Waals surface area (Å²) < 4.78 is 9.92. The molecule has 0 spiro atoms. The topological polar surface area (TPSA) is 121 Å². The molecular formula is C20H17N3O6S. The van der Waals surface area contributed by atoms with Crippen LogP contribution in [0.2, 0.25) is 0 Å². The maximum atomic E-state index is 12.5. The maximum Gasteiger partial charge on any atom is 0.338 e. The molecule has 0 aliphatic carbocycles. The van der Waals surface area contributed by atoms with Crippen LogP contribution in [0.15, 0.2) is 60.1 Å². The van der Waals surface area contributed by atoms with E-state index >= 15 is 0 Å². The molecule has 154 valence electrons. The van der Waals surface area contributed by atoms with Crippen LogP contribution < -0.4 is 10.1 Å². The summed E-state index contributed by atoms with van der Waals surface area (Å²) in [6.07, 6.45) is 1.64. The molecule has 10 heteroatoms. The second kappa shape index (κ2) is 9.61. The summed E-state index contributed by atoms with van der Waals surface area (Å²) in [5.41, 5.74) is 0.411. The number of nitrogens with zero attached hydrogens (tertiary/aromatic N) is 2. The summed E-state index contributed by atoms with van der Waals surface area (Å²) in [6, 6.07) is 12.5. The normalized spacial score (nSPS) is 11.4. The predicted molar refractivity (Wildman–Crippen MR) is 108 cm³/mol. The molecule has 0 saturated carbocycles. The molecule has 0 aliphatic heterocycles. The Morgan fingerprint density at radius 2 is 2.00 bits per heavy atom. The molecule has 0 radical (unpaired) electrons. The third-order valence-electron chi connectivity index (χ3n) is 4.07. The lowest BCUT2D eigenvalue weighted by atomic mass is 10.1. The number of hydrogen-bond donors (Lipinski definition) is 1. The summed E-state index contributed by atoms with van der Waals surface area (Å²) >= 11 is 1.40. The number of hydrogen-bond acceptors (Lipinski definition) is 8. The molecule has 1 N–H and O–H groups in total. The van der Waals surface area contributed by atoms with Crippen LogP contribution in [0.25, 0.3) is 0 Å². The summed E-state index contributed by atoms with van der Waals surface area (Å²) in [6.45, 7) is -0.451. The Hall–Kier alpha value is -3.79. The molecule has 0 aliphatic rings. The van der Waals surface area contributed by atoms with Crippen molar-refractivity contribution in [3.63, 3.8) is 0 Å². The third-order valence-corrected chi connectivity index (χ3v) is 4.91. The van der Waals surface area contributed by atoms with E-state index in [0.29, 0.717) is 5.01 Å². The largest absolute Gasteiger partial charge is 0.477 e. The highest BCUT2D eigenvalue weighted by Crippen LogP contribution is 2.28.